The lowest BCUT2D eigenvalue weighted by molar-refractivity contribution is -0.127. The van der Waals surface area contributed by atoms with Gasteiger partial charge in [-0.15, -0.1) is 13.2 Å². The van der Waals surface area contributed by atoms with E-state index in [0.717, 1.165) is 0 Å². The van der Waals surface area contributed by atoms with E-state index in [1.807, 2.05) is 0 Å². The standard InChI is InChI=1S/C13H17F3N2O2/c1-12(2,3)20-11(19)18(13(14,15)16)10-6-4-5-9(7-10)8-17/h4-7H,8,17H2,1-3H3. The molecule has 0 atom stereocenters. The van der Waals surface area contributed by atoms with E-state index in [2.05, 4.69) is 0 Å². The Kier molecular flexibility index (Phi) is 4.65. The Hall–Kier alpha value is -1.76. The first-order valence-corrected chi connectivity index (χ1v) is 5.93. The van der Waals surface area contributed by atoms with Gasteiger partial charge in [-0.2, -0.15) is 4.90 Å². The highest BCUT2D eigenvalue weighted by atomic mass is 19.4. The van der Waals surface area contributed by atoms with Gasteiger partial charge in [0.1, 0.15) is 5.60 Å². The van der Waals surface area contributed by atoms with Gasteiger partial charge in [-0.3, -0.25) is 0 Å². The molecule has 1 amide bonds. The van der Waals surface area contributed by atoms with Crippen molar-refractivity contribution in [3.8, 4) is 0 Å². The number of carbonyl (C=O) groups is 1. The van der Waals surface area contributed by atoms with Gasteiger partial charge in [0, 0.05) is 6.54 Å². The summed E-state index contributed by atoms with van der Waals surface area (Å²) in [6.45, 7) is 4.56. The minimum absolute atomic E-state index is 0.0772. The van der Waals surface area contributed by atoms with Crippen molar-refractivity contribution in [2.24, 2.45) is 5.73 Å². The van der Waals surface area contributed by atoms with Crippen molar-refractivity contribution in [1.29, 1.82) is 0 Å². The van der Waals surface area contributed by atoms with Gasteiger partial charge in [0.25, 0.3) is 0 Å². The maximum Gasteiger partial charge on any atom is 0.494 e. The second-order valence-corrected chi connectivity index (χ2v) is 5.16. The van der Waals surface area contributed by atoms with Crippen molar-refractivity contribution in [3.05, 3.63) is 29.8 Å². The van der Waals surface area contributed by atoms with Crippen LogP contribution in [0.25, 0.3) is 0 Å². The largest absolute Gasteiger partial charge is 0.494 e. The molecular formula is C13H17F3N2O2. The number of amides is 1. The second-order valence-electron chi connectivity index (χ2n) is 5.16. The lowest BCUT2D eigenvalue weighted by Crippen LogP contribution is -2.45. The predicted octanol–water partition coefficient (Wildman–Crippen LogP) is 3.41. The lowest BCUT2D eigenvalue weighted by Gasteiger charge is -2.28. The van der Waals surface area contributed by atoms with Crippen LogP contribution in [0.15, 0.2) is 24.3 Å². The van der Waals surface area contributed by atoms with Crippen LogP contribution in [-0.2, 0) is 11.3 Å². The fourth-order valence-corrected chi connectivity index (χ4v) is 1.49. The van der Waals surface area contributed by atoms with Crippen molar-refractivity contribution in [2.45, 2.75) is 39.2 Å². The average molecular weight is 290 g/mol. The highest BCUT2D eigenvalue weighted by Crippen LogP contribution is 2.30. The lowest BCUT2D eigenvalue weighted by atomic mass is 10.2. The van der Waals surface area contributed by atoms with Crippen LogP contribution in [-0.4, -0.2) is 18.0 Å². The normalized spacial score (nSPS) is 12.2. The fraction of sp³-hybridized carbons (Fsp3) is 0.462. The Labute approximate surface area is 115 Å². The number of rotatable bonds is 2. The third kappa shape index (κ3) is 4.41. The van der Waals surface area contributed by atoms with E-state index in [0.29, 0.717) is 5.56 Å². The molecule has 0 aliphatic rings. The molecule has 4 nitrogen and oxygen atoms in total. The summed E-state index contributed by atoms with van der Waals surface area (Å²) in [6.07, 6.45) is -6.35. The van der Waals surface area contributed by atoms with E-state index in [1.165, 1.54) is 39.0 Å². The summed E-state index contributed by atoms with van der Waals surface area (Å²) in [5.41, 5.74) is 4.53. The van der Waals surface area contributed by atoms with Crippen molar-refractivity contribution in [1.82, 2.24) is 0 Å². The third-order valence-electron chi connectivity index (χ3n) is 2.23. The molecule has 1 aromatic rings. The summed E-state index contributed by atoms with van der Waals surface area (Å²) in [7, 11) is 0. The van der Waals surface area contributed by atoms with Crippen LogP contribution in [0.2, 0.25) is 0 Å². The molecule has 20 heavy (non-hydrogen) atoms. The van der Waals surface area contributed by atoms with Crippen LogP contribution < -0.4 is 10.6 Å². The van der Waals surface area contributed by atoms with E-state index < -0.39 is 18.0 Å². The molecule has 2 N–H and O–H groups in total. The number of alkyl halides is 3. The smallest absolute Gasteiger partial charge is 0.443 e. The molecule has 0 saturated heterocycles. The molecule has 0 unspecified atom stereocenters. The third-order valence-corrected chi connectivity index (χ3v) is 2.23. The van der Waals surface area contributed by atoms with E-state index in [4.69, 9.17) is 10.5 Å². The van der Waals surface area contributed by atoms with Crippen LogP contribution in [0.4, 0.5) is 23.7 Å². The molecule has 7 heteroatoms. The molecule has 0 fully saturated rings. The molecule has 0 spiro atoms. The molecule has 0 aliphatic carbocycles. The Balaban J connectivity index is 3.16. The molecule has 0 radical (unpaired) electrons. The summed E-state index contributed by atoms with van der Waals surface area (Å²) in [4.78, 5) is 11.4. The molecule has 112 valence electrons. The van der Waals surface area contributed by atoms with Gasteiger partial charge in [0.05, 0.1) is 5.69 Å². The van der Waals surface area contributed by atoms with Crippen molar-refractivity contribution in [3.63, 3.8) is 0 Å². The van der Waals surface area contributed by atoms with Gasteiger partial charge in [0.15, 0.2) is 0 Å². The minimum Gasteiger partial charge on any atom is -0.443 e. The SMILES string of the molecule is CC(C)(C)OC(=O)N(c1cccc(CN)c1)C(F)(F)F. The van der Waals surface area contributed by atoms with Gasteiger partial charge in [0.2, 0.25) is 0 Å². The first kappa shape index (κ1) is 16.3. The Bertz CT molecular complexity index is 481. The zero-order valence-electron chi connectivity index (χ0n) is 11.5. The van der Waals surface area contributed by atoms with Crippen molar-refractivity contribution >= 4 is 11.8 Å². The molecule has 0 bridgehead atoms. The number of nitrogens with zero attached hydrogens (tertiary/aromatic N) is 1. The highest BCUT2D eigenvalue weighted by molar-refractivity contribution is 5.88. The molecule has 0 heterocycles. The van der Waals surface area contributed by atoms with Crippen LogP contribution in [0.1, 0.15) is 26.3 Å². The van der Waals surface area contributed by atoms with E-state index >= 15 is 0 Å². The van der Waals surface area contributed by atoms with Gasteiger partial charge >= 0.3 is 12.4 Å². The van der Waals surface area contributed by atoms with Gasteiger partial charge in [-0.25, -0.2) is 4.79 Å². The zero-order chi connectivity index (χ0) is 15.6. The Morgan fingerprint density at radius 2 is 1.90 bits per heavy atom. The second kappa shape index (κ2) is 5.70. The Morgan fingerprint density at radius 1 is 1.30 bits per heavy atom. The fourth-order valence-electron chi connectivity index (χ4n) is 1.49. The number of ether oxygens (including phenoxy) is 1. The Morgan fingerprint density at radius 3 is 2.35 bits per heavy atom. The molecule has 0 aromatic heterocycles. The summed E-state index contributed by atoms with van der Waals surface area (Å²) in [6, 6.07) is 5.36. The summed E-state index contributed by atoms with van der Waals surface area (Å²) in [5, 5.41) is 0. The topological polar surface area (TPSA) is 55.6 Å². The minimum atomic E-state index is -4.88. The van der Waals surface area contributed by atoms with Crippen LogP contribution in [0.5, 0.6) is 0 Å². The first-order chi connectivity index (χ1) is 9.04. The van der Waals surface area contributed by atoms with Gasteiger partial charge in [-0.1, -0.05) is 12.1 Å². The molecule has 1 aromatic carbocycles. The molecule has 0 saturated carbocycles. The monoisotopic (exact) mass is 290 g/mol. The number of hydrogen-bond acceptors (Lipinski definition) is 3. The number of benzene rings is 1. The molecular weight excluding hydrogens is 273 g/mol. The van der Waals surface area contributed by atoms with Crippen LogP contribution in [0, 0.1) is 0 Å². The van der Waals surface area contributed by atoms with Crippen molar-refractivity contribution in [2.75, 3.05) is 4.90 Å². The molecule has 1 rings (SSSR count). The van der Waals surface area contributed by atoms with E-state index in [1.54, 1.807) is 6.07 Å². The first-order valence-electron chi connectivity index (χ1n) is 5.93. The summed E-state index contributed by atoms with van der Waals surface area (Å²) >= 11 is 0. The van der Waals surface area contributed by atoms with Gasteiger partial charge in [-0.05, 0) is 38.5 Å². The van der Waals surface area contributed by atoms with Crippen LogP contribution >= 0.6 is 0 Å². The average Bonchev–Trinajstić information content (AvgIpc) is 2.24. The maximum atomic E-state index is 13.1. The van der Waals surface area contributed by atoms with E-state index in [9.17, 15) is 18.0 Å². The summed E-state index contributed by atoms with van der Waals surface area (Å²) < 4.78 is 44.0. The zero-order valence-corrected chi connectivity index (χ0v) is 11.5. The number of nitrogens with two attached hydrogens (primary N) is 1. The number of carbonyl (C=O) groups excluding carboxylic acids is 1. The maximum absolute atomic E-state index is 13.1. The number of halogens is 3. The quantitative estimate of drug-likeness (QED) is 0.849. The van der Waals surface area contributed by atoms with E-state index in [-0.39, 0.29) is 17.1 Å². The number of anilines is 1. The highest BCUT2D eigenvalue weighted by Gasteiger charge is 2.44. The predicted molar refractivity (Wildman–Crippen MR) is 69.1 cm³/mol. The van der Waals surface area contributed by atoms with Crippen LogP contribution in [0.3, 0.4) is 0 Å². The molecule has 0 aliphatic heterocycles. The van der Waals surface area contributed by atoms with Gasteiger partial charge < -0.3 is 10.5 Å². The number of hydrogen-bond donors (Lipinski definition) is 1. The summed E-state index contributed by atoms with van der Waals surface area (Å²) in [5.74, 6) is 0. The van der Waals surface area contributed by atoms with Crippen molar-refractivity contribution < 1.29 is 22.7 Å².